The quantitative estimate of drug-likeness (QED) is 0.457. The average molecular weight is 121 g/mol. The van der Waals surface area contributed by atoms with Gasteiger partial charge in [-0.1, -0.05) is 0 Å². The molecule has 0 radical (unpaired) electrons. The summed E-state index contributed by atoms with van der Waals surface area (Å²) in [7, 11) is 2.04. The fourth-order valence-corrected chi connectivity index (χ4v) is 0.460. The fourth-order valence-electron chi connectivity index (χ4n) is 0.460. The molecule has 0 saturated carbocycles. The minimum atomic E-state index is 0. The van der Waals surface area contributed by atoms with Crippen LogP contribution in [0.1, 0.15) is 12.8 Å². The summed E-state index contributed by atoms with van der Waals surface area (Å²) in [6.07, 6.45) is 2.08. The van der Waals surface area contributed by atoms with E-state index in [0.29, 0.717) is 6.61 Å². The molecule has 0 spiro atoms. The first kappa shape index (κ1) is 10.8. The first-order chi connectivity index (χ1) is 3.41. The first-order valence-corrected chi connectivity index (χ1v) is 2.80. The predicted molar refractivity (Wildman–Crippen MR) is 31.0 cm³/mol. The van der Waals surface area contributed by atoms with Gasteiger partial charge in [-0.15, -0.1) is 0 Å². The zero-order valence-corrected chi connectivity index (χ0v) is 5.30. The maximum atomic E-state index is 8.28. The smallest absolute Gasteiger partial charge is 0.0754 e. The Hall–Kier alpha value is -0.120. The third-order valence-electron chi connectivity index (χ3n) is 0.901. The van der Waals surface area contributed by atoms with Crippen LogP contribution in [0.4, 0.5) is 0 Å². The maximum Gasteiger partial charge on any atom is 0.0754 e. The van der Waals surface area contributed by atoms with Gasteiger partial charge in [0, 0.05) is 6.61 Å². The number of quaternary nitrogens is 1. The van der Waals surface area contributed by atoms with E-state index in [-0.39, 0.29) is 5.48 Å². The zero-order chi connectivity index (χ0) is 5.54. The molecule has 0 atom stereocenters. The summed E-state index contributed by atoms with van der Waals surface area (Å²) in [4.78, 5) is 0. The van der Waals surface area contributed by atoms with Gasteiger partial charge in [-0.2, -0.15) is 0 Å². The van der Waals surface area contributed by atoms with E-state index in [9.17, 15) is 0 Å². The fraction of sp³-hybridized carbons (Fsp3) is 1.00. The lowest BCUT2D eigenvalue weighted by Crippen LogP contribution is -2.79. The highest BCUT2D eigenvalue weighted by Crippen LogP contribution is 1.78. The molecule has 0 amide bonds. The van der Waals surface area contributed by atoms with Crippen molar-refractivity contribution in [3.05, 3.63) is 0 Å². The van der Waals surface area contributed by atoms with Crippen LogP contribution >= 0.6 is 0 Å². The van der Waals surface area contributed by atoms with Crippen molar-refractivity contribution in [2.24, 2.45) is 0 Å². The second-order valence-electron chi connectivity index (χ2n) is 1.63. The molecule has 0 bridgehead atoms. The summed E-state index contributed by atoms with van der Waals surface area (Å²) in [5.74, 6) is 0. The van der Waals surface area contributed by atoms with Crippen molar-refractivity contribution in [1.82, 2.24) is 0 Å². The van der Waals surface area contributed by atoms with Crippen LogP contribution < -0.4 is 5.32 Å². The third kappa shape index (κ3) is 9.30. The third-order valence-corrected chi connectivity index (χ3v) is 0.901. The van der Waals surface area contributed by atoms with Crippen molar-refractivity contribution in [2.75, 3.05) is 20.2 Å². The molecule has 0 aliphatic heterocycles. The molecule has 0 aromatic rings. The summed E-state index contributed by atoms with van der Waals surface area (Å²) in [5, 5.41) is 10.4. The van der Waals surface area contributed by atoms with E-state index in [1.54, 1.807) is 0 Å². The number of unbranched alkanes of at least 4 members (excludes halogenated alkanes) is 1. The summed E-state index contributed by atoms with van der Waals surface area (Å²) in [6.45, 7) is 1.48. The molecule has 0 heterocycles. The number of hydrogen-bond acceptors (Lipinski definition) is 2. The lowest BCUT2D eigenvalue weighted by atomic mass is 10.3. The van der Waals surface area contributed by atoms with Gasteiger partial charge in [0.1, 0.15) is 0 Å². The normalized spacial score (nSPS) is 8.25. The van der Waals surface area contributed by atoms with Crippen LogP contribution in [0.3, 0.4) is 0 Å². The van der Waals surface area contributed by atoms with Gasteiger partial charge in [-0.05, 0) is 12.8 Å². The molecule has 0 aromatic carbocycles. The molecule has 52 valence electrons. The van der Waals surface area contributed by atoms with Gasteiger partial charge in [-0.3, -0.25) is 0 Å². The van der Waals surface area contributed by atoms with Crippen LogP contribution in [0, 0.1) is 0 Å². The largest absolute Gasteiger partial charge is 0.870 e. The first-order valence-electron chi connectivity index (χ1n) is 2.80. The van der Waals surface area contributed by atoms with Crippen molar-refractivity contribution in [2.45, 2.75) is 12.8 Å². The monoisotopic (exact) mass is 121 g/mol. The van der Waals surface area contributed by atoms with Crippen LogP contribution in [0.15, 0.2) is 0 Å². The van der Waals surface area contributed by atoms with Crippen LogP contribution in [-0.2, 0) is 0 Å². The van der Waals surface area contributed by atoms with Crippen molar-refractivity contribution in [3.8, 4) is 0 Å². The highest BCUT2D eigenvalue weighted by molar-refractivity contribution is 4.30. The number of aliphatic hydroxyl groups excluding tert-OH is 1. The highest BCUT2D eigenvalue weighted by Gasteiger charge is 1.82. The average Bonchev–Trinajstić information content (AvgIpc) is 1.69. The van der Waals surface area contributed by atoms with E-state index in [2.05, 4.69) is 5.32 Å². The van der Waals surface area contributed by atoms with Gasteiger partial charge in [0.2, 0.25) is 0 Å². The summed E-state index contributed by atoms with van der Waals surface area (Å²) < 4.78 is 0. The molecule has 0 unspecified atom stereocenters. The van der Waals surface area contributed by atoms with Gasteiger partial charge in [0.25, 0.3) is 0 Å². The molecule has 3 heteroatoms. The highest BCUT2D eigenvalue weighted by atomic mass is 16.2. The van der Waals surface area contributed by atoms with Crippen LogP contribution in [-0.4, -0.2) is 30.8 Å². The topological polar surface area (TPSA) is 66.8 Å². The molecule has 4 N–H and O–H groups in total. The summed E-state index contributed by atoms with van der Waals surface area (Å²) in [5.41, 5.74) is 0. The lowest BCUT2D eigenvalue weighted by molar-refractivity contribution is -0.627. The minimum absolute atomic E-state index is 0. The Balaban J connectivity index is 0. The van der Waals surface area contributed by atoms with Gasteiger partial charge >= 0.3 is 0 Å². The number of aliphatic hydroxyl groups is 1. The molecule has 8 heavy (non-hydrogen) atoms. The number of hydrogen-bond donors (Lipinski definition) is 2. The number of rotatable bonds is 4. The Morgan fingerprint density at radius 2 is 2.00 bits per heavy atom. The van der Waals surface area contributed by atoms with E-state index < -0.39 is 0 Å². The Morgan fingerprint density at radius 1 is 1.38 bits per heavy atom. The van der Waals surface area contributed by atoms with Crippen LogP contribution in [0.25, 0.3) is 0 Å². The molecule has 0 aliphatic rings. The van der Waals surface area contributed by atoms with E-state index in [1.165, 1.54) is 0 Å². The van der Waals surface area contributed by atoms with Crippen LogP contribution in [0.2, 0.25) is 0 Å². The molecule has 3 nitrogen and oxygen atoms in total. The van der Waals surface area contributed by atoms with Crippen molar-refractivity contribution < 1.29 is 15.9 Å². The molecule has 0 aliphatic carbocycles. The molecule has 0 rings (SSSR count). The van der Waals surface area contributed by atoms with Crippen molar-refractivity contribution in [3.63, 3.8) is 0 Å². The second-order valence-corrected chi connectivity index (χ2v) is 1.63. The molecular weight excluding hydrogens is 106 g/mol. The van der Waals surface area contributed by atoms with Gasteiger partial charge < -0.3 is 15.9 Å². The summed E-state index contributed by atoms with van der Waals surface area (Å²) >= 11 is 0. The SMILES string of the molecule is C[NH2+]CCCCO.[OH-]. The second kappa shape index (κ2) is 9.99. The van der Waals surface area contributed by atoms with Crippen LogP contribution in [0.5, 0.6) is 0 Å². The Labute approximate surface area is 50.0 Å². The molecule has 0 aromatic heterocycles. The maximum absolute atomic E-state index is 8.28. The predicted octanol–water partition coefficient (Wildman–Crippen LogP) is -1.22. The Morgan fingerprint density at radius 3 is 2.38 bits per heavy atom. The van der Waals surface area contributed by atoms with Gasteiger partial charge in [0.05, 0.1) is 13.6 Å². The zero-order valence-electron chi connectivity index (χ0n) is 5.30. The van der Waals surface area contributed by atoms with Crippen molar-refractivity contribution in [1.29, 1.82) is 0 Å². The Kier molecular flexibility index (Phi) is 13.5. The van der Waals surface area contributed by atoms with E-state index in [1.807, 2.05) is 7.05 Å². The van der Waals surface area contributed by atoms with E-state index in [4.69, 9.17) is 5.11 Å². The van der Waals surface area contributed by atoms with Gasteiger partial charge in [-0.25, -0.2) is 0 Å². The van der Waals surface area contributed by atoms with Gasteiger partial charge in [0.15, 0.2) is 0 Å². The van der Waals surface area contributed by atoms with E-state index >= 15 is 0 Å². The minimum Gasteiger partial charge on any atom is -0.870 e. The standard InChI is InChI=1S/C5H13NO.H2O/c1-6-4-2-3-5-7;/h6-7H,2-5H2,1H3;1H2. The lowest BCUT2D eigenvalue weighted by Gasteiger charge is -1.90. The molecule has 0 saturated heterocycles. The molecular formula is C5H15NO2. The number of nitrogens with two attached hydrogens (primary N) is 1. The molecule has 0 fully saturated rings. The van der Waals surface area contributed by atoms with E-state index in [0.717, 1.165) is 19.4 Å². The van der Waals surface area contributed by atoms with Crippen molar-refractivity contribution >= 4 is 0 Å². The Bertz CT molecular complexity index is 29.6. The summed E-state index contributed by atoms with van der Waals surface area (Å²) in [6, 6.07) is 0.